The Hall–Kier alpha value is -3.43. The molecule has 0 saturated carbocycles. The van der Waals surface area contributed by atoms with E-state index in [1.54, 1.807) is 10.8 Å². The molecule has 188 valence electrons. The average Bonchev–Trinajstić information content (AvgIpc) is 3.58. The van der Waals surface area contributed by atoms with Gasteiger partial charge in [-0.3, -0.25) is 14.3 Å². The Morgan fingerprint density at radius 1 is 1.22 bits per heavy atom. The van der Waals surface area contributed by atoms with Gasteiger partial charge < -0.3 is 19.9 Å². The predicted molar refractivity (Wildman–Crippen MR) is 143 cm³/mol. The fraction of sp³-hybridized carbons (Fsp3) is 0.370. The molecule has 3 aromatic heterocycles. The van der Waals surface area contributed by atoms with Crippen molar-refractivity contribution in [1.82, 2.24) is 24.7 Å². The van der Waals surface area contributed by atoms with Gasteiger partial charge in [-0.25, -0.2) is 4.79 Å². The smallest absolute Gasteiger partial charge is 0.326 e. The SMILES string of the molecule is CCCNC(=O)n1c(C)cc2cc(Oc3ccnc4cc(C(=O)N5CC[C@@H](N(C)C)C5)sc34)ccc21. The second-order valence-electron chi connectivity index (χ2n) is 9.47. The summed E-state index contributed by atoms with van der Waals surface area (Å²) in [6, 6.07) is 11.6. The highest BCUT2D eigenvalue weighted by Gasteiger charge is 2.29. The van der Waals surface area contributed by atoms with Crippen LogP contribution in [-0.4, -0.2) is 71.1 Å². The molecular formula is C27H31N5O3S. The molecule has 2 amide bonds. The number of likely N-dealkylation sites (N-methyl/N-ethyl adjacent to an activating group) is 1. The van der Waals surface area contributed by atoms with Gasteiger partial charge in [0.15, 0.2) is 0 Å². The largest absolute Gasteiger partial charge is 0.456 e. The molecule has 1 atom stereocenters. The van der Waals surface area contributed by atoms with E-state index in [0.29, 0.717) is 29.0 Å². The van der Waals surface area contributed by atoms with E-state index in [4.69, 9.17) is 4.74 Å². The normalized spacial score (nSPS) is 15.8. The molecule has 4 aromatic rings. The number of rotatable bonds is 6. The number of hydrogen-bond acceptors (Lipinski definition) is 6. The molecule has 36 heavy (non-hydrogen) atoms. The van der Waals surface area contributed by atoms with Crippen molar-refractivity contribution in [3.05, 3.63) is 53.2 Å². The Morgan fingerprint density at radius 3 is 2.81 bits per heavy atom. The van der Waals surface area contributed by atoms with Crippen LogP contribution in [0.4, 0.5) is 4.79 Å². The summed E-state index contributed by atoms with van der Waals surface area (Å²) in [7, 11) is 4.11. The summed E-state index contributed by atoms with van der Waals surface area (Å²) in [6.07, 6.45) is 3.57. The number of nitrogens with zero attached hydrogens (tertiary/aromatic N) is 4. The van der Waals surface area contributed by atoms with Crippen LogP contribution in [0.3, 0.4) is 0 Å². The molecule has 0 unspecified atom stereocenters. The van der Waals surface area contributed by atoms with E-state index < -0.39 is 0 Å². The van der Waals surface area contributed by atoms with E-state index in [0.717, 1.165) is 52.7 Å². The van der Waals surface area contributed by atoms with Crippen molar-refractivity contribution in [2.45, 2.75) is 32.7 Å². The lowest BCUT2D eigenvalue weighted by Crippen LogP contribution is -2.34. The van der Waals surface area contributed by atoms with Crippen LogP contribution in [0.1, 0.15) is 35.1 Å². The van der Waals surface area contributed by atoms with Gasteiger partial charge in [0.25, 0.3) is 5.91 Å². The van der Waals surface area contributed by atoms with Gasteiger partial charge in [0.2, 0.25) is 0 Å². The minimum atomic E-state index is -0.125. The van der Waals surface area contributed by atoms with Crippen LogP contribution >= 0.6 is 11.3 Å². The Balaban J connectivity index is 1.39. The lowest BCUT2D eigenvalue weighted by molar-refractivity contribution is 0.0788. The highest BCUT2D eigenvalue weighted by molar-refractivity contribution is 7.21. The maximum atomic E-state index is 13.2. The van der Waals surface area contributed by atoms with Gasteiger partial charge in [-0.1, -0.05) is 6.92 Å². The van der Waals surface area contributed by atoms with Crippen molar-refractivity contribution < 1.29 is 14.3 Å². The number of thiophene rings is 1. The van der Waals surface area contributed by atoms with Gasteiger partial charge in [0, 0.05) is 49.0 Å². The van der Waals surface area contributed by atoms with Crippen molar-refractivity contribution in [1.29, 1.82) is 0 Å². The number of aromatic nitrogens is 2. The average molecular weight is 506 g/mol. The third-order valence-electron chi connectivity index (χ3n) is 6.68. The maximum Gasteiger partial charge on any atom is 0.326 e. The number of aryl methyl sites for hydroxylation is 1. The molecule has 9 heteroatoms. The number of carbonyl (C=O) groups excluding carboxylic acids is 2. The van der Waals surface area contributed by atoms with Crippen LogP contribution in [-0.2, 0) is 0 Å². The molecule has 1 N–H and O–H groups in total. The zero-order valence-electron chi connectivity index (χ0n) is 21.1. The summed E-state index contributed by atoms with van der Waals surface area (Å²) in [5, 5.41) is 3.86. The number of ether oxygens (including phenoxy) is 1. The van der Waals surface area contributed by atoms with Crippen molar-refractivity contribution in [3.63, 3.8) is 0 Å². The van der Waals surface area contributed by atoms with Crippen LogP contribution in [0.2, 0.25) is 0 Å². The van der Waals surface area contributed by atoms with Crippen molar-refractivity contribution in [2.24, 2.45) is 0 Å². The van der Waals surface area contributed by atoms with E-state index in [-0.39, 0.29) is 11.9 Å². The Bertz CT molecular complexity index is 1440. The van der Waals surface area contributed by atoms with Crippen LogP contribution in [0.15, 0.2) is 42.6 Å². The zero-order valence-corrected chi connectivity index (χ0v) is 21.9. The topological polar surface area (TPSA) is 79.7 Å². The monoisotopic (exact) mass is 505 g/mol. The van der Waals surface area contributed by atoms with E-state index >= 15 is 0 Å². The molecule has 1 aliphatic heterocycles. The van der Waals surface area contributed by atoms with Crippen LogP contribution < -0.4 is 10.1 Å². The van der Waals surface area contributed by atoms with Gasteiger partial charge >= 0.3 is 6.03 Å². The zero-order chi connectivity index (χ0) is 25.4. The van der Waals surface area contributed by atoms with Gasteiger partial charge in [0.1, 0.15) is 11.5 Å². The first-order valence-electron chi connectivity index (χ1n) is 12.3. The molecule has 1 aliphatic rings. The second-order valence-corrected chi connectivity index (χ2v) is 10.5. The second kappa shape index (κ2) is 9.91. The minimum absolute atomic E-state index is 0.0490. The van der Waals surface area contributed by atoms with Crippen LogP contribution in [0, 0.1) is 6.92 Å². The molecular weight excluding hydrogens is 474 g/mol. The van der Waals surface area contributed by atoms with E-state index in [1.165, 1.54) is 11.3 Å². The number of pyridine rings is 1. The lowest BCUT2D eigenvalue weighted by Gasteiger charge is -2.19. The quantitative estimate of drug-likeness (QED) is 0.395. The summed E-state index contributed by atoms with van der Waals surface area (Å²) in [6.45, 7) is 6.09. The van der Waals surface area contributed by atoms with Crippen LogP contribution in [0.5, 0.6) is 11.5 Å². The first-order chi connectivity index (χ1) is 17.4. The first kappa shape index (κ1) is 24.3. The highest BCUT2D eigenvalue weighted by Crippen LogP contribution is 2.36. The fourth-order valence-electron chi connectivity index (χ4n) is 4.71. The maximum absolute atomic E-state index is 13.2. The molecule has 1 aromatic carbocycles. The molecule has 4 heterocycles. The van der Waals surface area contributed by atoms with Gasteiger partial charge in [-0.15, -0.1) is 11.3 Å². The minimum Gasteiger partial charge on any atom is -0.456 e. The van der Waals surface area contributed by atoms with Gasteiger partial charge in [-0.2, -0.15) is 0 Å². The Labute approximate surface area is 214 Å². The fourth-order valence-corrected chi connectivity index (χ4v) is 5.74. The molecule has 1 saturated heterocycles. The number of benzene rings is 1. The number of amides is 2. The third kappa shape index (κ3) is 4.56. The van der Waals surface area contributed by atoms with Crippen molar-refractivity contribution >= 4 is 44.4 Å². The van der Waals surface area contributed by atoms with Crippen molar-refractivity contribution in [3.8, 4) is 11.5 Å². The number of carbonyl (C=O) groups is 2. The van der Waals surface area contributed by atoms with Crippen molar-refractivity contribution in [2.75, 3.05) is 33.7 Å². The summed E-state index contributed by atoms with van der Waals surface area (Å²) >= 11 is 1.42. The van der Waals surface area contributed by atoms with Gasteiger partial charge in [-0.05, 0) is 64.2 Å². The van der Waals surface area contributed by atoms with E-state index in [9.17, 15) is 9.59 Å². The third-order valence-corrected chi connectivity index (χ3v) is 7.81. The van der Waals surface area contributed by atoms with E-state index in [2.05, 4.69) is 29.3 Å². The molecule has 0 aliphatic carbocycles. The highest BCUT2D eigenvalue weighted by atomic mass is 32.1. The molecule has 0 radical (unpaired) electrons. The standard InChI is InChI=1S/C27H31N5O3S/c1-5-10-29-27(34)32-17(2)13-18-14-20(6-7-22(18)32)35-23-8-11-28-21-15-24(36-25(21)23)26(33)31-12-9-19(16-31)30(3)4/h6-8,11,13-15,19H,5,9-10,12,16H2,1-4H3,(H,29,34)/t19-/m1/s1. The Kier molecular flexibility index (Phi) is 6.68. The summed E-state index contributed by atoms with van der Waals surface area (Å²) in [5.41, 5.74) is 2.45. The molecule has 1 fully saturated rings. The number of hydrogen-bond donors (Lipinski definition) is 1. The van der Waals surface area contributed by atoms with Crippen LogP contribution in [0.25, 0.3) is 21.1 Å². The first-order valence-corrected chi connectivity index (χ1v) is 13.1. The molecule has 0 bridgehead atoms. The Morgan fingerprint density at radius 2 is 2.06 bits per heavy atom. The summed E-state index contributed by atoms with van der Waals surface area (Å²) in [5.74, 6) is 1.37. The molecule has 8 nitrogen and oxygen atoms in total. The summed E-state index contributed by atoms with van der Waals surface area (Å²) in [4.78, 5) is 35.0. The molecule has 0 spiro atoms. The van der Waals surface area contributed by atoms with Gasteiger partial charge in [0.05, 0.1) is 20.6 Å². The summed E-state index contributed by atoms with van der Waals surface area (Å²) < 4.78 is 8.81. The number of likely N-dealkylation sites (tertiary alicyclic amines) is 1. The predicted octanol–water partition coefficient (Wildman–Crippen LogP) is 5.10. The number of nitrogens with one attached hydrogen (secondary N) is 1. The molecule has 5 rings (SSSR count). The van der Waals surface area contributed by atoms with E-state index in [1.807, 2.05) is 55.1 Å². The number of fused-ring (bicyclic) bond motifs is 2. The lowest BCUT2D eigenvalue weighted by atomic mass is 10.2.